The van der Waals surface area contributed by atoms with Crippen molar-refractivity contribution in [1.82, 2.24) is 0 Å². The van der Waals surface area contributed by atoms with Gasteiger partial charge in [-0.15, -0.1) is 0 Å². The van der Waals surface area contributed by atoms with Crippen LogP contribution < -0.4 is 10.5 Å². The first-order valence-electron chi connectivity index (χ1n) is 7.24. The Morgan fingerprint density at radius 1 is 1.23 bits per heavy atom. The van der Waals surface area contributed by atoms with Crippen molar-refractivity contribution >= 4 is 5.84 Å². The van der Waals surface area contributed by atoms with Crippen LogP contribution in [-0.4, -0.2) is 5.84 Å². The summed E-state index contributed by atoms with van der Waals surface area (Å²) in [4.78, 5) is 0. The molecule has 0 saturated carbocycles. The Hall–Kier alpha value is -2.36. The van der Waals surface area contributed by atoms with Gasteiger partial charge in [0.15, 0.2) is 0 Å². The number of rotatable bonds is 5. The number of hydrogen-bond acceptors (Lipinski definition) is 2. The molecule has 0 aliphatic rings. The molecule has 0 unspecified atom stereocenters. The monoisotopic (exact) mass is 300 g/mol. The molecule has 2 aromatic rings. The molecule has 4 heteroatoms. The van der Waals surface area contributed by atoms with E-state index in [-0.39, 0.29) is 12.4 Å². The summed E-state index contributed by atoms with van der Waals surface area (Å²) in [6.45, 7) is 6.34. The lowest BCUT2D eigenvalue weighted by atomic mass is 10.0. The minimum Gasteiger partial charge on any atom is -0.488 e. The van der Waals surface area contributed by atoms with Crippen LogP contribution in [0.2, 0.25) is 0 Å². The second-order valence-corrected chi connectivity index (χ2v) is 5.70. The molecule has 0 aliphatic heterocycles. The third-order valence-corrected chi connectivity index (χ3v) is 3.54. The van der Waals surface area contributed by atoms with E-state index in [1.165, 1.54) is 6.07 Å². The maximum absolute atomic E-state index is 14.0. The molecule has 2 rings (SSSR count). The molecule has 0 heterocycles. The van der Waals surface area contributed by atoms with Crippen LogP contribution >= 0.6 is 0 Å². The first-order chi connectivity index (χ1) is 10.4. The zero-order valence-corrected chi connectivity index (χ0v) is 13.1. The van der Waals surface area contributed by atoms with Gasteiger partial charge in [-0.25, -0.2) is 4.39 Å². The molecule has 0 amide bonds. The van der Waals surface area contributed by atoms with E-state index in [1.807, 2.05) is 25.1 Å². The molecule has 3 N–H and O–H groups in total. The van der Waals surface area contributed by atoms with E-state index in [1.54, 1.807) is 12.1 Å². The van der Waals surface area contributed by atoms with E-state index in [0.29, 0.717) is 17.0 Å². The molecular formula is C18H21FN2O. The highest BCUT2D eigenvalue weighted by Crippen LogP contribution is 2.28. The van der Waals surface area contributed by atoms with E-state index in [2.05, 4.69) is 13.8 Å². The number of nitrogen functional groups attached to an aromatic ring is 1. The number of ether oxygens (including phenoxy) is 1. The van der Waals surface area contributed by atoms with Crippen molar-refractivity contribution in [2.24, 2.45) is 5.73 Å². The van der Waals surface area contributed by atoms with Gasteiger partial charge in [-0.1, -0.05) is 38.1 Å². The fourth-order valence-electron chi connectivity index (χ4n) is 2.23. The molecule has 0 saturated heterocycles. The summed E-state index contributed by atoms with van der Waals surface area (Å²) in [5, 5.41) is 7.32. The Kier molecular flexibility index (Phi) is 4.81. The van der Waals surface area contributed by atoms with Gasteiger partial charge in [0.2, 0.25) is 0 Å². The van der Waals surface area contributed by atoms with Crippen molar-refractivity contribution in [3.63, 3.8) is 0 Å². The number of nitrogens with one attached hydrogen (secondary N) is 1. The Balaban J connectivity index is 2.20. The molecule has 0 spiro atoms. The van der Waals surface area contributed by atoms with Crippen LogP contribution in [0.1, 0.15) is 42.0 Å². The second-order valence-electron chi connectivity index (χ2n) is 5.70. The lowest BCUT2D eigenvalue weighted by Gasteiger charge is -2.15. The Bertz CT molecular complexity index is 695. The number of amidine groups is 1. The standard InChI is InChI=1S/C18H21FN2O/c1-11(2)15-7-4-12(3)8-17(15)22-10-14-6-5-13(18(20)21)9-16(14)19/h4-9,11H,10H2,1-3H3,(H3,20,21). The van der Waals surface area contributed by atoms with Gasteiger partial charge in [0.1, 0.15) is 24.0 Å². The van der Waals surface area contributed by atoms with E-state index in [4.69, 9.17) is 15.9 Å². The van der Waals surface area contributed by atoms with E-state index >= 15 is 0 Å². The summed E-state index contributed by atoms with van der Waals surface area (Å²) in [7, 11) is 0. The van der Waals surface area contributed by atoms with Crippen LogP contribution in [0, 0.1) is 18.2 Å². The summed E-state index contributed by atoms with van der Waals surface area (Å²) in [6, 6.07) is 10.6. The molecule has 0 atom stereocenters. The lowest BCUT2D eigenvalue weighted by molar-refractivity contribution is 0.295. The maximum Gasteiger partial charge on any atom is 0.130 e. The predicted molar refractivity (Wildman–Crippen MR) is 87.0 cm³/mol. The Morgan fingerprint density at radius 2 is 1.95 bits per heavy atom. The summed E-state index contributed by atoms with van der Waals surface area (Å²) in [5.74, 6) is 0.559. The van der Waals surface area contributed by atoms with Gasteiger partial charge < -0.3 is 10.5 Å². The van der Waals surface area contributed by atoms with Gasteiger partial charge >= 0.3 is 0 Å². The Labute approximate surface area is 130 Å². The molecule has 0 fully saturated rings. The number of benzene rings is 2. The van der Waals surface area contributed by atoms with Crippen molar-refractivity contribution in [2.45, 2.75) is 33.3 Å². The first-order valence-corrected chi connectivity index (χ1v) is 7.24. The highest BCUT2D eigenvalue weighted by molar-refractivity contribution is 5.94. The second kappa shape index (κ2) is 6.60. The van der Waals surface area contributed by atoms with Crippen molar-refractivity contribution in [1.29, 1.82) is 5.41 Å². The number of halogens is 1. The average molecular weight is 300 g/mol. The topological polar surface area (TPSA) is 59.1 Å². The molecule has 0 bridgehead atoms. The fourth-order valence-corrected chi connectivity index (χ4v) is 2.23. The zero-order valence-electron chi connectivity index (χ0n) is 13.1. The molecule has 116 valence electrons. The van der Waals surface area contributed by atoms with Gasteiger partial charge in [0.25, 0.3) is 0 Å². The molecule has 0 aromatic heterocycles. The minimum atomic E-state index is -0.411. The maximum atomic E-state index is 14.0. The number of hydrogen-bond donors (Lipinski definition) is 2. The van der Waals surface area contributed by atoms with Crippen LogP contribution in [-0.2, 0) is 6.61 Å². The highest BCUT2D eigenvalue weighted by atomic mass is 19.1. The average Bonchev–Trinajstić information content (AvgIpc) is 2.45. The van der Waals surface area contributed by atoms with Crippen LogP contribution in [0.3, 0.4) is 0 Å². The third-order valence-electron chi connectivity index (χ3n) is 3.54. The van der Waals surface area contributed by atoms with Gasteiger partial charge in [0.05, 0.1) is 0 Å². The van der Waals surface area contributed by atoms with E-state index in [9.17, 15) is 4.39 Å². The molecule has 0 radical (unpaired) electrons. The van der Waals surface area contributed by atoms with Crippen LogP contribution in [0.15, 0.2) is 36.4 Å². The lowest BCUT2D eigenvalue weighted by Crippen LogP contribution is -2.12. The van der Waals surface area contributed by atoms with Gasteiger partial charge in [0, 0.05) is 11.1 Å². The van der Waals surface area contributed by atoms with E-state index < -0.39 is 5.82 Å². The normalized spacial score (nSPS) is 10.8. The summed E-state index contributed by atoms with van der Waals surface area (Å²) in [5.41, 5.74) is 8.38. The van der Waals surface area contributed by atoms with Gasteiger partial charge in [-0.2, -0.15) is 0 Å². The number of aryl methyl sites for hydroxylation is 1. The van der Waals surface area contributed by atoms with Crippen molar-refractivity contribution in [3.8, 4) is 5.75 Å². The smallest absolute Gasteiger partial charge is 0.130 e. The van der Waals surface area contributed by atoms with Crippen LogP contribution in [0.4, 0.5) is 4.39 Å². The van der Waals surface area contributed by atoms with Crippen molar-refractivity contribution in [2.75, 3.05) is 0 Å². The first kappa shape index (κ1) is 16.0. The minimum absolute atomic E-state index is 0.146. The van der Waals surface area contributed by atoms with E-state index in [0.717, 1.165) is 16.9 Å². The fraction of sp³-hybridized carbons (Fsp3) is 0.278. The molecule has 0 aliphatic carbocycles. The number of nitrogens with two attached hydrogens (primary N) is 1. The van der Waals surface area contributed by atoms with Crippen molar-refractivity contribution < 1.29 is 9.13 Å². The molecule has 22 heavy (non-hydrogen) atoms. The molecular weight excluding hydrogens is 279 g/mol. The van der Waals surface area contributed by atoms with Gasteiger partial charge in [-0.3, -0.25) is 5.41 Å². The summed E-state index contributed by atoms with van der Waals surface area (Å²) >= 11 is 0. The van der Waals surface area contributed by atoms with Gasteiger partial charge in [-0.05, 0) is 36.1 Å². The largest absolute Gasteiger partial charge is 0.488 e. The molecule has 3 nitrogen and oxygen atoms in total. The summed E-state index contributed by atoms with van der Waals surface area (Å²) < 4.78 is 19.8. The van der Waals surface area contributed by atoms with Crippen LogP contribution in [0.25, 0.3) is 0 Å². The highest BCUT2D eigenvalue weighted by Gasteiger charge is 2.10. The predicted octanol–water partition coefficient (Wildman–Crippen LogP) is 4.12. The third kappa shape index (κ3) is 3.64. The van der Waals surface area contributed by atoms with Crippen molar-refractivity contribution in [3.05, 3.63) is 64.5 Å². The molecule has 2 aromatic carbocycles. The summed E-state index contributed by atoms with van der Waals surface area (Å²) in [6.07, 6.45) is 0. The zero-order chi connectivity index (χ0) is 16.3. The SMILES string of the molecule is Cc1ccc(C(C)C)c(OCc2ccc(C(=N)N)cc2F)c1. The Morgan fingerprint density at radius 3 is 2.55 bits per heavy atom. The quantitative estimate of drug-likeness (QED) is 0.644. The van der Waals surface area contributed by atoms with Crippen LogP contribution in [0.5, 0.6) is 5.75 Å².